The number of hydrogen-bond acceptors (Lipinski definition) is 5. The van der Waals surface area contributed by atoms with Crippen molar-refractivity contribution in [2.45, 2.75) is 52.8 Å². The molecule has 1 atom stereocenters. The molecule has 3 aromatic rings. The minimum atomic E-state index is -0.370. The number of methoxy groups -OCH3 is 1. The third kappa shape index (κ3) is 5.46. The van der Waals surface area contributed by atoms with Gasteiger partial charge in [0.1, 0.15) is 0 Å². The van der Waals surface area contributed by atoms with Gasteiger partial charge < -0.3 is 14.6 Å². The smallest absolute Gasteiger partial charge is 0.227 e. The molecule has 0 radical (unpaired) electrons. The third-order valence-corrected chi connectivity index (χ3v) is 5.42. The largest absolute Gasteiger partial charge is 0.493 e. The van der Waals surface area contributed by atoms with Gasteiger partial charge in [-0.2, -0.15) is 5.10 Å². The summed E-state index contributed by atoms with van der Waals surface area (Å²) in [5.41, 5.74) is 2.81. The highest BCUT2D eigenvalue weighted by molar-refractivity contribution is 5.47. The highest BCUT2D eigenvalue weighted by atomic mass is 16.5. The molecule has 0 aliphatic heterocycles. The van der Waals surface area contributed by atoms with E-state index in [4.69, 9.17) is 14.6 Å². The summed E-state index contributed by atoms with van der Waals surface area (Å²) in [6.45, 7) is 9.49. The van der Waals surface area contributed by atoms with Gasteiger partial charge in [-0.25, -0.2) is 4.68 Å². The normalized spacial score (nSPS) is 12.4. The van der Waals surface area contributed by atoms with Crippen LogP contribution in [-0.4, -0.2) is 45.6 Å². The van der Waals surface area contributed by atoms with E-state index in [1.54, 1.807) is 7.11 Å². The monoisotopic (exact) mass is 423 g/mol. The number of rotatable bonds is 10. The first-order chi connectivity index (χ1) is 14.9. The lowest BCUT2D eigenvalue weighted by Crippen LogP contribution is -2.37. The lowest BCUT2D eigenvalue weighted by molar-refractivity contribution is 0.0875. The number of aliphatic hydroxyl groups is 1. The number of ether oxygens (including phenoxy) is 2. The Bertz CT molecular complexity index is 969. The summed E-state index contributed by atoms with van der Waals surface area (Å²) < 4.78 is 13.8. The molecule has 1 heterocycles. The Balaban J connectivity index is 2.06. The van der Waals surface area contributed by atoms with E-state index in [2.05, 4.69) is 18.7 Å². The number of aryl methyl sites for hydroxylation is 1. The first-order valence-electron chi connectivity index (χ1n) is 10.8. The minimum Gasteiger partial charge on any atom is -0.493 e. The van der Waals surface area contributed by atoms with Crippen molar-refractivity contribution in [3.05, 3.63) is 65.9 Å². The summed E-state index contributed by atoms with van der Waals surface area (Å²) in [6.07, 6.45) is 0.348. The van der Waals surface area contributed by atoms with Crippen LogP contribution in [0.5, 0.6) is 17.4 Å². The Morgan fingerprint density at radius 1 is 1.03 bits per heavy atom. The van der Waals surface area contributed by atoms with Crippen molar-refractivity contribution in [1.82, 2.24) is 14.7 Å². The second-order valence-electron chi connectivity index (χ2n) is 7.95. The molecule has 3 rings (SSSR count). The van der Waals surface area contributed by atoms with E-state index in [0.717, 1.165) is 23.4 Å². The summed E-state index contributed by atoms with van der Waals surface area (Å²) in [6, 6.07) is 17.8. The van der Waals surface area contributed by atoms with Crippen LogP contribution in [0.15, 0.2) is 54.6 Å². The van der Waals surface area contributed by atoms with Gasteiger partial charge in [-0.1, -0.05) is 37.3 Å². The fraction of sp³-hybridized carbons (Fsp3) is 0.400. The van der Waals surface area contributed by atoms with E-state index in [1.165, 1.54) is 0 Å². The van der Waals surface area contributed by atoms with Crippen molar-refractivity contribution < 1.29 is 14.6 Å². The Kier molecular flexibility index (Phi) is 7.71. The van der Waals surface area contributed by atoms with Crippen LogP contribution >= 0.6 is 0 Å². The molecule has 2 aromatic carbocycles. The van der Waals surface area contributed by atoms with Crippen molar-refractivity contribution >= 4 is 0 Å². The van der Waals surface area contributed by atoms with Crippen LogP contribution in [0.4, 0.5) is 0 Å². The van der Waals surface area contributed by atoms with E-state index in [1.807, 2.05) is 73.1 Å². The van der Waals surface area contributed by atoms with Crippen LogP contribution in [0.2, 0.25) is 0 Å². The summed E-state index contributed by atoms with van der Waals surface area (Å²) in [7, 11) is 1.63. The third-order valence-electron chi connectivity index (χ3n) is 5.42. The number of aliphatic hydroxyl groups excluding tert-OH is 1. The zero-order chi connectivity index (χ0) is 22.4. The lowest BCUT2D eigenvalue weighted by atomic mass is 10.1. The highest BCUT2D eigenvalue weighted by Gasteiger charge is 2.24. The zero-order valence-corrected chi connectivity index (χ0v) is 19.1. The summed E-state index contributed by atoms with van der Waals surface area (Å²) in [5, 5.41) is 15.1. The van der Waals surface area contributed by atoms with Crippen molar-refractivity contribution in [2.75, 3.05) is 13.7 Å². The Morgan fingerprint density at radius 3 is 2.29 bits per heavy atom. The van der Waals surface area contributed by atoms with Crippen LogP contribution in [0.3, 0.4) is 0 Å². The number of nitrogens with zero attached hydrogens (tertiary/aromatic N) is 3. The number of aromatic nitrogens is 2. The van der Waals surface area contributed by atoms with Crippen molar-refractivity contribution in [3.8, 4) is 23.1 Å². The van der Waals surface area contributed by atoms with Crippen molar-refractivity contribution in [2.24, 2.45) is 0 Å². The molecular formula is C25H33N3O3. The molecule has 6 nitrogen and oxygen atoms in total. The SMILES string of the molecule is CC[C@@H](O)CN(Cc1c(C)nn(-c2ccccc2)c1Oc1ccccc1OC)C(C)C. The van der Waals surface area contributed by atoms with Gasteiger partial charge in [-0.05, 0) is 51.5 Å². The van der Waals surface area contributed by atoms with Gasteiger partial charge >= 0.3 is 0 Å². The van der Waals surface area contributed by atoms with Gasteiger partial charge in [0.25, 0.3) is 0 Å². The number of benzene rings is 2. The molecule has 0 saturated carbocycles. The van der Waals surface area contributed by atoms with Crippen LogP contribution in [-0.2, 0) is 6.54 Å². The van der Waals surface area contributed by atoms with Crippen LogP contribution in [0.25, 0.3) is 5.69 Å². The molecule has 0 spiro atoms. The van der Waals surface area contributed by atoms with Gasteiger partial charge in [0.05, 0.1) is 30.2 Å². The number of hydrogen-bond donors (Lipinski definition) is 1. The zero-order valence-electron chi connectivity index (χ0n) is 19.1. The quantitative estimate of drug-likeness (QED) is 0.499. The van der Waals surface area contributed by atoms with Crippen molar-refractivity contribution in [3.63, 3.8) is 0 Å². The van der Waals surface area contributed by atoms with Crippen LogP contribution in [0.1, 0.15) is 38.4 Å². The van der Waals surface area contributed by atoms with Gasteiger partial charge in [-0.3, -0.25) is 4.90 Å². The van der Waals surface area contributed by atoms with Crippen molar-refractivity contribution in [1.29, 1.82) is 0 Å². The first kappa shape index (κ1) is 22.8. The molecular weight excluding hydrogens is 390 g/mol. The van der Waals surface area contributed by atoms with Gasteiger partial charge in [0, 0.05) is 19.1 Å². The molecule has 0 aliphatic rings. The van der Waals surface area contributed by atoms with Gasteiger partial charge in [-0.15, -0.1) is 0 Å². The first-order valence-corrected chi connectivity index (χ1v) is 10.8. The average Bonchev–Trinajstić information content (AvgIpc) is 3.09. The van der Waals surface area contributed by atoms with Crippen LogP contribution < -0.4 is 9.47 Å². The minimum absolute atomic E-state index is 0.264. The Morgan fingerprint density at radius 2 is 1.68 bits per heavy atom. The van der Waals surface area contributed by atoms with E-state index < -0.39 is 0 Å². The number of para-hydroxylation sites is 3. The Labute approximate surface area is 185 Å². The molecule has 0 fully saturated rings. The second-order valence-corrected chi connectivity index (χ2v) is 7.95. The molecule has 1 aromatic heterocycles. The van der Waals surface area contributed by atoms with Gasteiger partial charge in [0.15, 0.2) is 11.5 Å². The maximum Gasteiger partial charge on any atom is 0.227 e. The van der Waals surface area contributed by atoms with E-state index in [9.17, 15) is 5.11 Å². The molecule has 0 saturated heterocycles. The predicted octanol–water partition coefficient (Wildman–Crippen LogP) is 4.96. The molecule has 166 valence electrons. The maximum absolute atomic E-state index is 10.3. The molecule has 31 heavy (non-hydrogen) atoms. The molecule has 6 heteroatoms. The predicted molar refractivity (Wildman–Crippen MR) is 123 cm³/mol. The molecule has 0 aliphatic carbocycles. The van der Waals surface area contributed by atoms with E-state index in [-0.39, 0.29) is 12.1 Å². The molecule has 0 amide bonds. The lowest BCUT2D eigenvalue weighted by Gasteiger charge is -2.28. The molecule has 0 unspecified atom stereocenters. The Hall–Kier alpha value is -2.83. The molecule has 0 bridgehead atoms. The summed E-state index contributed by atoms with van der Waals surface area (Å²) in [4.78, 5) is 2.25. The van der Waals surface area contributed by atoms with Crippen LogP contribution in [0, 0.1) is 6.92 Å². The standard InChI is InChI=1S/C25H33N3O3/c1-6-21(29)16-27(18(2)3)17-22-19(4)26-28(20-12-8-7-9-13-20)25(22)31-24-15-11-10-14-23(24)30-5/h7-15,18,21,29H,6,16-17H2,1-5H3/t21-/m1/s1. The van der Waals surface area contributed by atoms with E-state index in [0.29, 0.717) is 30.5 Å². The summed E-state index contributed by atoms with van der Waals surface area (Å²) >= 11 is 0. The fourth-order valence-corrected chi connectivity index (χ4v) is 3.44. The highest BCUT2D eigenvalue weighted by Crippen LogP contribution is 2.36. The van der Waals surface area contributed by atoms with E-state index >= 15 is 0 Å². The maximum atomic E-state index is 10.3. The fourth-order valence-electron chi connectivity index (χ4n) is 3.44. The summed E-state index contributed by atoms with van der Waals surface area (Å²) in [5.74, 6) is 1.95. The molecule has 1 N–H and O–H groups in total. The average molecular weight is 424 g/mol. The van der Waals surface area contributed by atoms with Gasteiger partial charge in [0.2, 0.25) is 5.88 Å². The topological polar surface area (TPSA) is 59.8 Å². The second kappa shape index (κ2) is 10.5.